The second-order valence-corrected chi connectivity index (χ2v) is 9.44. The number of benzene rings is 2. The summed E-state index contributed by atoms with van der Waals surface area (Å²) in [4.78, 5) is 12.7. The van der Waals surface area contributed by atoms with Gasteiger partial charge in [-0.15, -0.1) is 0 Å². The lowest BCUT2D eigenvalue weighted by molar-refractivity contribution is -0.123. The summed E-state index contributed by atoms with van der Waals surface area (Å²) in [5.41, 5.74) is 5.17. The smallest absolute Gasteiger partial charge is 0.241 e. The van der Waals surface area contributed by atoms with Crippen LogP contribution in [0.4, 0.5) is 0 Å². The van der Waals surface area contributed by atoms with Crippen LogP contribution in [0, 0.1) is 27.7 Å². The first kappa shape index (κ1) is 23.9. The van der Waals surface area contributed by atoms with E-state index in [-0.39, 0.29) is 16.8 Å². The van der Waals surface area contributed by atoms with Crippen LogP contribution in [0.15, 0.2) is 35.2 Å². The van der Waals surface area contributed by atoms with Crippen LogP contribution in [0.5, 0.6) is 5.75 Å². The van der Waals surface area contributed by atoms with Crippen LogP contribution in [0.1, 0.15) is 54.6 Å². The van der Waals surface area contributed by atoms with E-state index in [1.54, 1.807) is 19.1 Å². The molecule has 0 saturated heterocycles. The number of carbonyl (C=O) groups is 1. The molecule has 7 heteroatoms. The Morgan fingerprint density at radius 1 is 0.967 bits per heavy atom. The molecule has 0 aliphatic carbocycles. The topological polar surface area (TPSA) is 84.5 Å². The van der Waals surface area contributed by atoms with Gasteiger partial charge in [0.1, 0.15) is 5.75 Å². The lowest BCUT2D eigenvalue weighted by Crippen LogP contribution is -2.45. The normalized spacial score (nSPS) is 13.6. The van der Waals surface area contributed by atoms with E-state index in [1.807, 2.05) is 27.7 Å². The summed E-state index contributed by atoms with van der Waals surface area (Å²) in [5, 5.41) is 2.91. The van der Waals surface area contributed by atoms with Crippen molar-refractivity contribution in [1.82, 2.24) is 10.0 Å². The van der Waals surface area contributed by atoms with E-state index in [9.17, 15) is 13.2 Å². The molecule has 2 N–H and O–H groups in total. The lowest BCUT2D eigenvalue weighted by Gasteiger charge is -2.21. The van der Waals surface area contributed by atoms with Gasteiger partial charge in [0.05, 0.1) is 23.6 Å². The number of hydrogen-bond donors (Lipinski definition) is 2. The van der Waals surface area contributed by atoms with Crippen molar-refractivity contribution in [2.75, 3.05) is 6.61 Å². The van der Waals surface area contributed by atoms with Crippen molar-refractivity contribution in [3.05, 3.63) is 58.1 Å². The summed E-state index contributed by atoms with van der Waals surface area (Å²) < 4.78 is 33.4. The van der Waals surface area contributed by atoms with E-state index in [1.165, 1.54) is 18.6 Å². The third-order valence-corrected chi connectivity index (χ3v) is 6.73. The van der Waals surface area contributed by atoms with E-state index >= 15 is 0 Å². The maximum atomic E-state index is 12.7. The molecule has 6 nitrogen and oxygen atoms in total. The minimum Gasteiger partial charge on any atom is -0.494 e. The SMILES string of the molecule is CCOc1ccc(S(=O)(=O)N[C@@H](C)C(=O)N[C@H](C)c2cc(C)c(C)cc2C)cc1C. The van der Waals surface area contributed by atoms with E-state index in [0.29, 0.717) is 12.4 Å². The van der Waals surface area contributed by atoms with Gasteiger partial charge in [-0.05, 0) is 94.5 Å². The van der Waals surface area contributed by atoms with Crippen LogP contribution in [0.25, 0.3) is 0 Å². The Bertz CT molecular complexity index is 1030. The van der Waals surface area contributed by atoms with Crippen molar-refractivity contribution in [2.45, 2.75) is 65.4 Å². The number of nitrogens with one attached hydrogen (secondary N) is 2. The molecule has 0 bridgehead atoms. The van der Waals surface area contributed by atoms with Crippen molar-refractivity contribution in [3.63, 3.8) is 0 Å². The first-order valence-corrected chi connectivity index (χ1v) is 11.6. The predicted octanol–water partition coefficient (Wildman–Crippen LogP) is 3.86. The van der Waals surface area contributed by atoms with Gasteiger partial charge in [-0.1, -0.05) is 12.1 Å². The highest BCUT2D eigenvalue weighted by molar-refractivity contribution is 7.89. The first-order chi connectivity index (χ1) is 14.0. The lowest BCUT2D eigenvalue weighted by atomic mass is 9.96. The Balaban J connectivity index is 2.11. The minimum absolute atomic E-state index is 0.0983. The molecule has 2 aromatic rings. The molecule has 164 valence electrons. The fourth-order valence-electron chi connectivity index (χ4n) is 3.33. The van der Waals surface area contributed by atoms with Crippen LogP contribution in [-0.2, 0) is 14.8 Å². The molecule has 0 unspecified atom stereocenters. The van der Waals surface area contributed by atoms with Crippen LogP contribution in [-0.4, -0.2) is 27.0 Å². The molecule has 0 fully saturated rings. The Labute approximate surface area is 180 Å². The fraction of sp³-hybridized carbons (Fsp3) is 0.435. The zero-order valence-corrected chi connectivity index (χ0v) is 19.6. The molecule has 0 aliphatic heterocycles. The Hall–Kier alpha value is -2.38. The van der Waals surface area contributed by atoms with Gasteiger partial charge in [0.15, 0.2) is 0 Å². The molecule has 2 rings (SSSR count). The van der Waals surface area contributed by atoms with Gasteiger partial charge in [0.25, 0.3) is 0 Å². The van der Waals surface area contributed by atoms with Gasteiger partial charge in [0.2, 0.25) is 15.9 Å². The van der Waals surface area contributed by atoms with Gasteiger partial charge in [0, 0.05) is 0 Å². The van der Waals surface area contributed by atoms with E-state index in [2.05, 4.69) is 29.1 Å². The van der Waals surface area contributed by atoms with Crippen molar-refractivity contribution in [2.24, 2.45) is 0 Å². The number of hydrogen-bond acceptors (Lipinski definition) is 4. The molecule has 0 saturated carbocycles. The van der Waals surface area contributed by atoms with Crippen LogP contribution in [0.2, 0.25) is 0 Å². The Morgan fingerprint density at radius 3 is 2.20 bits per heavy atom. The summed E-state index contributed by atoms with van der Waals surface area (Å²) in [7, 11) is -3.85. The Kier molecular flexibility index (Phi) is 7.66. The third-order valence-electron chi connectivity index (χ3n) is 5.19. The van der Waals surface area contributed by atoms with E-state index in [0.717, 1.165) is 22.3 Å². The van der Waals surface area contributed by atoms with E-state index < -0.39 is 16.1 Å². The molecular weight excluding hydrogens is 400 g/mol. The van der Waals surface area contributed by atoms with Crippen molar-refractivity contribution >= 4 is 15.9 Å². The largest absolute Gasteiger partial charge is 0.494 e. The number of carbonyl (C=O) groups excluding carboxylic acids is 1. The molecule has 0 aromatic heterocycles. The van der Waals surface area contributed by atoms with E-state index in [4.69, 9.17) is 4.74 Å². The molecule has 0 heterocycles. The highest BCUT2D eigenvalue weighted by Crippen LogP contribution is 2.23. The molecule has 0 spiro atoms. The molecule has 0 radical (unpaired) electrons. The molecule has 30 heavy (non-hydrogen) atoms. The molecule has 1 amide bonds. The number of aryl methyl sites for hydroxylation is 4. The first-order valence-electron chi connectivity index (χ1n) is 10.1. The molecule has 2 aromatic carbocycles. The van der Waals surface area contributed by atoms with Crippen molar-refractivity contribution < 1.29 is 17.9 Å². The standard InChI is InChI=1S/C23H32N2O4S/c1-8-29-22-10-9-20(12-17(22)5)30(27,28)25-19(7)23(26)24-18(6)21-13-15(3)14(2)11-16(21)4/h9-13,18-19,25H,8H2,1-7H3,(H,24,26)/t18-,19+/m1/s1. The summed E-state index contributed by atoms with van der Waals surface area (Å²) in [6.45, 7) is 13.7. The minimum atomic E-state index is -3.85. The Morgan fingerprint density at radius 2 is 1.60 bits per heavy atom. The number of rotatable bonds is 8. The highest BCUT2D eigenvalue weighted by Gasteiger charge is 2.24. The maximum absolute atomic E-state index is 12.7. The van der Waals surface area contributed by atoms with Crippen molar-refractivity contribution in [1.29, 1.82) is 0 Å². The maximum Gasteiger partial charge on any atom is 0.241 e. The fourth-order valence-corrected chi connectivity index (χ4v) is 4.61. The summed E-state index contributed by atoms with van der Waals surface area (Å²) in [6, 6.07) is 7.64. The van der Waals surface area contributed by atoms with Crippen LogP contribution < -0.4 is 14.8 Å². The summed E-state index contributed by atoms with van der Waals surface area (Å²) in [5.74, 6) is 0.256. The number of ether oxygens (including phenoxy) is 1. The summed E-state index contributed by atoms with van der Waals surface area (Å²) >= 11 is 0. The van der Waals surface area contributed by atoms with Gasteiger partial charge in [-0.3, -0.25) is 4.79 Å². The number of amides is 1. The average molecular weight is 433 g/mol. The quantitative estimate of drug-likeness (QED) is 0.663. The average Bonchev–Trinajstić information content (AvgIpc) is 2.65. The number of sulfonamides is 1. The third kappa shape index (κ3) is 5.61. The van der Waals surface area contributed by atoms with Crippen LogP contribution >= 0.6 is 0 Å². The predicted molar refractivity (Wildman–Crippen MR) is 119 cm³/mol. The summed E-state index contributed by atoms with van der Waals surface area (Å²) in [6.07, 6.45) is 0. The van der Waals surface area contributed by atoms with Crippen molar-refractivity contribution in [3.8, 4) is 5.75 Å². The van der Waals surface area contributed by atoms with Gasteiger partial charge in [-0.2, -0.15) is 4.72 Å². The monoisotopic (exact) mass is 432 g/mol. The molecule has 0 aliphatic rings. The van der Waals surface area contributed by atoms with Crippen LogP contribution in [0.3, 0.4) is 0 Å². The second-order valence-electron chi connectivity index (χ2n) is 7.73. The molecule has 2 atom stereocenters. The van der Waals surface area contributed by atoms with Gasteiger partial charge in [-0.25, -0.2) is 8.42 Å². The zero-order chi connectivity index (χ0) is 22.6. The zero-order valence-electron chi connectivity index (χ0n) is 18.8. The van der Waals surface area contributed by atoms with Gasteiger partial charge < -0.3 is 10.1 Å². The van der Waals surface area contributed by atoms with Gasteiger partial charge >= 0.3 is 0 Å². The highest BCUT2D eigenvalue weighted by atomic mass is 32.2. The second kappa shape index (κ2) is 9.62. The molecular formula is C23H32N2O4S.